The Hall–Kier alpha value is -2.56. The van der Waals surface area contributed by atoms with E-state index >= 15 is 0 Å². The van der Waals surface area contributed by atoms with Crippen molar-refractivity contribution < 1.29 is 37.1 Å². The van der Waals surface area contributed by atoms with Crippen LogP contribution in [0.3, 0.4) is 0 Å². The first-order valence-electron chi connectivity index (χ1n) is 14.6. The van der Waals surface area contributed by atoms with Crippen LogP contribution >= 0.6 is 37.2 Å². The molecule has 0 bridgehead atoms. The molecule has 0 aromatic heterocycles. The third kappa shape index (κ3) is 16.8. The van der Waals surface area contributed by atoms with Crippen molar-refractivity contribution in [3.63, 3.8) is 0 Å². The predicted octanol–water partition coefficient (Wildman–Crippen LogP) is 2.24. The second-order valence-corrected chi connectivity index (χ2v) is 10.5. The number of nitrogens with two attached hydrogens (primary N) is 3. The Morgan fingerprint density at radius 1 is 0.957 bits per heavy atom. The van der Waals surface area contributed by atoms with Gasteiger partial charge in [-0.1, -0.05) is 32.1 Å². The SMILES string of the molecule is Cl.Cl.Cl.NCCN(CCN)C(=O)C[C@H](N)C(=O)N[C@@H](CCC1CCCCC1)C(=O)NCCN(C=O)c1ccc(OC(F)(F)F)cc1. The zero-order chi connectivity index (χ0) is 31.8. The molecule has 46 heavy (non-hydrogen) atoms. The summed E-state index contributed by atoms with van der Waals surface area (Å²) in [7, 11) is 0. The van der Waals surface area contributed by atoms with Crippen molar-refractivity contribution >= 4 is 67.0 Å². The summed E-state index contributed by atoms with van der Waals surface area (Å²) >= 11 is 0. The lowest BCUT2D eigenvalue weighted by atomic mass is 9.85. The zero-order valence-corrected chi connectivity index (χ0v) is 28.0. The molecule has 0 unspecified atom stereocenters. The van der Waals surface area contributed by atoms with E-state index in [-0.39, 0.29) is 88.8 Å². The number of halogens is 6. The van der Waals surface area contributed by atoms with Crippen molar-refractivity contribution in [2.24, 2.45) is 23.1 Å². The van der Waals surface area contributed by atoms with Crippen molar-refractivity contribution in [1.82, 2.24) is 15.5 Å². The number of carbonyl (C=O) groups is 4. The minimum absolute atomic E-state index is 0. The van der Waals surface area contributed by atoms with E-state index in [0.29, 0.717) is 24.4 Å². The highest BCUT2D eigenvalue weighted by Crippen LogP contribution is 2.28. The molecule has 8 N–H and O–H groups in total. The van der Waals surface area contributed by atoms with E-state index in [0.717, 1.165) is 44.2 Å². The van der Waals surface area contributed by atoms with Crippen LogP contribution in [0.5, 0.6) is 5.75 Å². The van der Waals surface area contributed by atoms with E-state index in [1.54, 1.807) is 0 Å². The normalized spacial score (nSPS) is 14.2. The standard InChI is InChI=1S/C28H44F3N7O5.3ClH/c29-28(30,31)43-22-9-7-21(8-10-22)38(19-39)17-14-35-27(42)24(11-6-20-4-2-1-3-5-20)36-26(41)23(34)18-25(40)37(15-12-32)16-13-33;;;/h7-10,19-20,23-24H,1-6,11-18,32-34H2,(H,35,42)(H,36,41);3*1H/t23-,24-;;;/m0.../s1. The Bertz CT molecular complexity index is 1030. The summed E-state index contributed by atoms with van der Waals surface area (Å²) in [5.74, 6) is -1.48. The van der Waals surface area contributed by atoms with Crippen LogP contribution in [0.1, 0.15) is 51.4 Å². The second kappa shape index (κ2) is 23.7. The molecule has 2 atom stereocenters. The average molecular weight is 725 g/mol. The number of alkyl halides is 3. The Morgan fingerprint density at radius 3 is 2.07 bits per heavy atom. The van der Waals surface area contributed by atoms with Crippen molar-refractivity contribution in [1.29, 1.82) is 0 Å². The van der Waals surface area contributed by atoms with Gasteiger partial charge in [0.25, 0.3) is 0 Å². The molecular formula is C28H47Cl3F3N7O5. The number of carbonyl (C=O) groups excluding carboxylic acids is 4. The molecule has 18 heteroatoms. The maximum atomic E-state index is 13.2. The van der Waals surface area contributed by atoms with Crippen LogP contribution in [0.4, 0.5) is 18.9 Å². The smallest absolute Gasteiger partial charge is 0.406 e. The number of hydrogen-bond acceptors (Lipinski definition) is 8. The van der Waals surface area contributed by atoms with Crippen LogP contribution in [-0.4, -0.2) is 86.7 Å². The number of hydrogen-bond donors (Lipinski definition) is 5. The van der Waals surface area contributed by atoms with Crippen LogP contribution in [-0.2, 0) is 19.2 Å². The van der Waals surface area contributed by atoms with E-state index in [9.17, 15) is 32.3 Å². The molecule has 0 spiro atoms. The van der Waals surface area contributed by atoms with Crippen LogP contribution in [0.15, 0.2) is 24.3 Å². The minimum atomic E-state index is -4.84. The van der Waals surface area contributed by atoms with Gasteiger partial charge in [0.2, 0.25) is 24.1 Å². The maximum Gasteiger partial charge on any atom is 0.573 e. The summed E-state index contributed by atoms with van der Waals surface area (Å²) in [5, 5.41) is 5.40. The van der Waals surface area contributed by atoms with Gasteiger partial charge in [-0.2, -0.15) is 0 Å². The van der Waals surface area contributed by atoms with E-state index < -0.39 is 36.0 Å². The molecule has 0 heterocycles. The molecule has 4 amide bonds. The summed E-state index contributed by atoms with van der Waals surface area (Å²) in [6, 6.07) is 2.63. The highest BCUT2D eigenvalue weighted by molar-refractivity contribution is 5.92. The molecule has 2 rings (SSSR count). The molecule has 12 nitrogen and oxygen atoms in total. The monoisotopic (exact) mass is 723 g/mol. The Balaban J connectivity index is 0. The molecule has 266 valence electrons. The molecule has 1 fully saturated rings. The highest BCUT2D eigenvalue weighted by Gasteiger charge is 2.31. The molecule has 1 aliphatic rings. The maximum absolute atomic E-state index is 13.2. The molecule has 1 aromatic rings. The van der Waals surface area contributed by atoms with Crippen LogP contribution in [0.25, 0.3) is 0 Å². The van der Waals surface area contributed by atoms with E-state index in [2.05, 4.69) is 15.4 Å². The van der Waals surface area contributed by atoms with Gasteiger partial charge in [0.1, 0.15) is 11.8 Å². The summed E-state index contributed by atoms with van der Waals surface area (Å²) in [4.78, 5) is 53.0. The number of nitrogens with zero attached hydrogens (tertiary/aromatic N) is 2. The zero-order valence-electron chi connectivity index (χ0n) is 25.5. The van der Waals surface area contributed by atoms with Gasteiger partial charge in [-0.25, -0.2) is 0 Å². The summed E-state index contributed by atoms with van der Waals surface area (Å²) in [5.41, 5.74) is 17.4. The first kappa shape index (κ1) is 45.6. The predicted molar refractivity (Wildman–Crippen MR) is 176 cm³/mol. The second-order valence-electron chi connectivity index (χ2n) is 10.5. The Morgan fingerprint density at radius 2 is 1.54 bits per heavy atom. The number of anilines is 1. The van der Waals surface area contributed by atoms with Crippen LogP contribution in [0.2, 0.25) is 0 Å². The summed E-state index contributed by atoms with van der Waals surface area (Å²) < 4.78 is 41.1. The van der Waals surface area contributed by atoms with Gasteiger partial charge in [0.15, 0.2) is 0 Å². The summed E-state index contributed by atoms with van der Waals surface area (Å²) in [6.07, 6.45) is 1.98. The molecule has 1 aliphatic carbocycles. The lowest BCUT2D eigenvalue weighted by molar-refractivity contribution is -0.274. The minimum Gasteiger partial charge on any atom is -0.406 e. The van der Waals surface area contributed by atoms with Crippen molar-refractivity contribution in [2.75, 3.05) is 44.2 Å². The largest absolute Gasteiger partial charge is 0.573 e. The fraction of sp³-hybridized carbons (Fsp3) is 0.643. The van der Waals surface area contributed by atoms with Crippen LogP contribution < -0.4 is 37.5 Å². The molecule has 0 saturated heterocycles. The molecule has 1 saturated carbocycles. The molecule has 0 radical (unpaired) electrons. The van der Waals surface area contributed by atoms with Gasteiger partial charge in [0.05, 0.1) is 12.5 Å². The Labute approximate surface area is 286 Å². The molecular weight excluding hydrogens is 678 g/mol. The first-order chi connectivity index (χ1) is 20.5. The highest BCUT2D eigenvalue weighted by atomic mass is 35.5. The lowest BCUT2D eigenvalue weighted by Gasteiger charge is -2.26. The fourth-order valence-corrected chi connectivity index (χ4v) is 5.01. The van der Waals surface area contributed by atoms with Gasteiger partial charge in [-0.05, 0) is 43.0 Å². The molecule has 0 aliphatic heterocycles. The summed E-state index contributed by atoms with van der Waals surface area (Å²) in [6.45, 7) is 1.04. The van der Waals surface area contributed by atoms with E-state index in [1.807, 2.05) is 0 Å². The number of rotatable bonds is 18. The van der Waals surface area contributed by atoms with Gasteiger partial charge in [0, 0.05) is 45.0 Å². The van der Waals surface area contributed by atoms with E-state index in [1.165, 1.54) is 28.4 Å². The number of ether oxygens (including phenoxy) is 1. The van der Waals surface area contributed by atoms with Gasteiger partial charge >= 0.3 is 6.36 Å². The van der Waals surface area contributed by atoms with Crippen LogP contribution in [0, 0.1) is 5.92 Å². The topological polar surface area (TPSA) is 186 Å². The fourth-order valence-electron chi connectivity index (χ4n) is 5.01. The van der Waals surface area contributed by atoms with Crippen molar-refractivity contribution in [3.05, 3.63) is 24.3 Å². The van der Waals surface area contributed by atoms with Crippen molar-refractivity contribution in [2.45, 2.75) is 69.8 Å². The molecule has 1 aromatic carbocycles. The average Bonchev–Trinajstić information content (AvgIpc) is 2.97. The first-order valence-corrected chi connectivity index (χ1v) is 14.6. The number of benzene rings is 1. The van der Waals surface area contributed by atoms with E-state index in [4.69, 9.17) is 17.2 Å². The van der Waals surface area contributed by atoms with Gasteiger partial charge in [-0.15, -0.1) is 50.4 Å². The number of amides is 4. The third-order valence-corrected chi connectivity index (χ3v) is 7.28. The van der Waals surface area contributed by atoms with Gasteiger partial charge < -0.3 is 42.4 Å². The van der Waals surface area contributed by atoms with Gasteiger partial charge in [-0.3, -0.25) is 19.2 Å². The lowest BCUT2D eigenvalue weighted by Crippen LogP contribution is -2.53. The Kier molecular flexibility index (Phi) is 23.5. The van der Waals surface area contributed by atoms with Crippen molar-refractivity contribution in [3.8, 4) is 5.75 Å². The quantitative estimate of drug-likeness (QED) is 0.143. The number of nitrogens with one attached hydrogen (secondary N) is 2. The third-order valence-electron chi connectivity index (χ3n) is 7.28.